The second kappa shape index (κ2) is 8.24. The molecule has 1 aliphatic carbocycles. The number of benzene rings is 2. The van der Waals surface area contributed by atoms with Gasteiger partial charge in [0, 0.05) is 48.4 Å². The minimum Gasteiger partial charge on any atom is -0.496 e. The van der Waals surface area contributed by atoms with Gasteiger partial charge in [0.05, 0.1) is 12.7 Å². The van der Waals surface area contributed by atoms with Gasteiger partial charge in [0.25, 0.3) is 5.91 Å². The summed E-state index contributed by atoms with van der Waals surface area (Å²) in [6, 6.07) is 9.41. The molecule has 31 heavy (non-hydrogen) atoms. The van der Waals surface area contributed by atoms with Gasteiger partial charge in [0.15, 0.2) is 22.3 Å². The van der Waals surface area contributed by atoms with Gasteiger partial charge < -0.3 is 9.64 Å². The smallest absolute Gasteiger partial charge is 0.253 e. The first kappa shape index (κ1) is 21.2. The van der Waals surface area contributed by atoms with Gasteiger partial charge in [0.2, 0.25) is 0 Å². The highest BCUT2D eigenvalue weighted by Gasteiger charge is 2.33. The van der Waals surface area contributed by atoms with Crippen molar-refractivity contribution in [3.63, 3.8) is 0 Å². The van der Waals surface area contributed by atoms with E-state index in [1.54, 1.807) is 36.1 Å². The SMILES string of the molecule is COc1cccc2c1C(=O)c1ccc(C(=O)N3CCN(C(C)[SH](=O)=O)CC3)cc1C2=O. The molecule has 8 nitrogen and oxygen atoms in total. The van der Waals surface area contributed by atoms with Crippen molar-refractivity contribution in [3.8, 4) is 5.75 Å². The van der Waals surface area contributed by atoms with Crippen LogP contribution in [0.2, 0.25) is 0 Å². The lowest BCUT2D eigenvalue weighted by molar-refractivity contribution is 0.0627. The Labute approximate surface area is 181 Å². The molecule has 1 fully saturated rings. The number of piperazine rings is 1. The maximum absolute atomic E-state index is 13.1. The average Bonchev–Trinajstić information content (AvgIpc) is 2.80. The summed E-state index contributed by atoms with van der Waals surface area (Å²) in [6.07, 6.45) is 0. The van der Waals surface area contributed by atoms with Crippen LogP contribution in [-0.4, -0.2) is 74.4 Å². The molecule has 0 spiro atoms. The molecule has 1 saturated heterocycles. The van der Waals surface area contributed by atoms with Crippen molar-refractivity contribution in [2.75, 3.05) is 33.3 Å². The summed E-state index contributed by atoms with van der Waals surface area (Å²) in [7, 11) is -1.11. The van der Waals surface area contributed by atoms with E-state index in [9.17, 15) is 22.8 Å². The van der Waals surface area contributed by atoms with Crippen LogP contribution in [0.1, 0.15) is 49.1 Å². The molecule has 4 rings (SSSR count). The Hall–Kier alpha value is -3.04. The van der Waals surface area contributed by atoms with Crippen molar-refractivity contribution in [3.05, 3.63) is 64.2 Å². The fourth-order valence-electron chi connectivity index (χ4n) is 4.08. The third-order valence-corrected chi connectivity index (χ3v) is 6.85. The van der Waals surface area contributed by atoms with Crippen molar-refractivity contribution in [1.82, 2.24) is 9.80 Å². The number of ether oxygens (including phenoxy) is 1. The topological polar surface area (TPSA) is 101 Å². The van der Waals surface area contributed by atoms with Crippen LogP contribution in [0, 0.1) is 0 Å². The fraction of sp³-hybridized carbons (Fsp3) is 0.318. The van der Waals surface area contributed by atoms with Gasteiger partial charge in [-0.15, -0.1) is 0 Å². The predicted octanol–water partition coefficient (Wildman–Crippen LogP) is 1.19. The van der Waals surface area contributed by atoms with Gasteiger partial charge in [-0.3, -0.25) is 19.3 Å². The first-order chi connectivity index (χ1) is 14.8. The summed E-state index contributed by atoms with van der Waals surface area (Å²) < 4.78 is 27.7. The second-order valence-electron chi connectivity index (χ2n) is 7.55. The van der Waals surface area contributed by atoms with E-state index in [1.165, 1.54) is 19.2 Å². The minimum absolute atomic E-state index is 0.201. The third kappa shape index (κ3) is 3.64. The molecule has 2 aromatic carbocycles. The summed E-state index contributed by atoms with van der Waals surface area (Å²) in [5, 5.41) is -0.573. The Kier molecular flexibility index (Phi) is 5.63. The van der Waals surface area contributed by atoms with E-state index in [1.807, 2.05) is 4.90 Å². The lowest BCUT2D eigenvalue weighted by Crippen LogP contribution is -2.51. The maximum atomic E-state index is 13.1. The number of hydrogen-bond acceptors (Lipinski definition) is 7. The second-order valence-corrected chi connectivity index (χ2v) is 8.86. The van der Waals surface area contributed by atoms with Crippen LogP contribution < -0.4 is 4.74 Å². The molecule has 2 aliphatic rings. The van der Waals surface area contributed by atoms with E-state index in [4.69, 9.17) is 4.74 Å². The molecule has 1 amide bonds. The summed E-state index contributed by atoms with van der Waals surface area (Å²) in [5.41, 5.74) is 1.27. The first-order valence-electron chi connectivity index (χ1n) is 9.90. The number of thiol groups is 1. The molecule has 2 aromatic rings. The molecule has 162 valence electrons. The molecule has 9 heteroatoms. The summed E-state index contributed by atoms with van der Waals surface area (Å²) in [5.74, 6) is -0.543. The maximum Gasteiger partial charge on any atom is 0.253 e. The largest absolute Gasteiger partial charge is 0.496 e. The third-order valence-electron chi connectivity index (χ3n) is 5.91. The highest BCUT2D eigenvalue weighted by atomic mass is 32.2. The van der Waals surface area contributed by atoms with Gasteiger partial charge in [0.1, 0.15) is 11.1 Å². The Bertz CT molecular complexity index is 1160. The monoisotopic (exact) mass is 442 g/mol. The number of carbonyl (C=O) groups excluding carboxylic acids is 3. The van der Waals surface area contributed by atoms with Crippen molar-refractivity contribution in [2.45, 2.75) is 12.3 Å². The molecule has 1 aliphatic heterocycles. The highest BCUT2D eigenvalue weighted by Crippen LogP contribution is 2.33. The lowest BCUT2D eigenvalue weighted by Gasteiger charge is -2.36. The molecule has 0 bridgehead atoms. The highest BCUT2D eigenvalue weighted by molar-refractivity contribution is 7.73. The van der Waals surface area contributed by atoms with Crippen LogP contribution in [0.15, 0.2) is 36.4 Å². The van der Waals surface area contributed by atoms with E-state index in [2.05, 4.69) is 0 Å². The first-order valence-corrected chi connectivity index (χ1v) is 11.2. The molecule has 0 aromatic heterocycles. The molecule has 1 unspecified atom stereocenters. The number of fused-ring (bicyclic) bond motifs is 2. The number of nitrogens with zero attached hydrogens (tertiary/aromatic N) is 2. The van der Waals surface area contributed by atoms with Gasteiger partial charge in [-0.25, -0.2) is 8.42 Å². The van der Waals surface area contributed by atoms with Crippen LogP contribution in [0.4, 0.5) is 0 Å². The van der Waals surface area contributed by atoms with Crippen LogP contribution in [0.5, 0.6) is 5.75 Å². The van der Waals surface area contributed by atoms with Gasteiger partial charge >= 0.3 is 0 Å². The van der Waals surface area contributed by atoms with Gasteiger partial charge in [-0.05, 0) is 31.2 Å². The molecule has 1 atom stereocenters. The van der Waals surface area contributed by atoms with Crippen molar-refractivity contribution in [2.24, 2.45) is 0 Å². The van der Waals surface area contributed by atoms with Crippen LogP contribution in [0.25, 0.3) is 0 Å². The Morgan fingerprint density at radius 1 is 0.968 bits per heavy atom. The number of methoxy groups -OCH3 is 1. The standard InChI is InChI=1S/C22H22N2O6S/c1-13(31(28)29)23-8-10-24(11-9-23)22(27)14-6-7-15-17(12-14)20(25)16-4-3-5-18(30-2)19(16)21(15)26/h3-7,12-13,31H,8-11H2,1-2H3. The van der Waals surface area contributed by atoms with Crippen LogP contribution in [-0.2, 0) is 10.7 Å². The van der Waals surface area contributed by atoms with E-state index < -0.39 is 16.1 Å². The quantitative estimate of drug-likeness (QED) is 0.606. The zero-order valence-electron chi connectivity index (χ0n) is 17.2. The Balaban J connectivity index is 1.59. The van der Waals surface area contributed by atoms with Gasteiger partial charge in [-0.2, -0.15) is 0 Å². The molecule has 1 heterocycles. The molecular formula is C22H22N2O6S. The van der Waals surface area contributed by atoms with Crippen molar-refractivity contribution in [1.29, 1.82) is 0 Å². The Morgan fingerprint density at radius 2 is 1.68 bits per heavy atom. The normalized spacial score (nSPS) is 17.3. The molecule has 0 N–H and O–H groups in total. The summed E-state index contributed by atoms with van der Waals surface area (Å²) >= 11 is 0. The van der Waals surface area contributed by atoms with Crippen molar-refractivity contribution >= 4 is 28.2 Å². The lowest BCUT2D eigenvalue weighted by atomic mass is 9.82. The molecule has 0 saturated carbocycles. The molecule has 0 radical (unpaired) electrons. The van der Waals surface area contributed by atoms with E-state index in [0.717, 1.165) is 0 Å². The van der Waals surface area contributed by atoms with Crippen LogP contribution in [0.3, 0.4) is 0 Å². The predicted molar refractivity (Wildman–Crippen MR) is 114 cm³/mol. The van der Waals surface area contributed by atoms with E-state index in [-0.39, 0.29) is 39.7 Å². The number of ketones is 2. The van der Waals surface area contributed by atoms with Crippen molar-refractivity contribution < 1.29 is 27.5 Å². The fourth-order valence-corrected chi connectivity index (χ4v) is 4.58. The summed E-state index contributed by atoms with van der Waals surface area (Å²) in [4.78, 5) is 42.5. The Morgan fingerprint density at radius 3 is 2.32 bits per heavy atom. The summed E-state index contributed by atoms with van der Waals surface area (Å²) in [6.45, 7) is 3.30. The number of hydrogen-bond donors (Lipinski definition) is 1. The minimum atomic E-state index is -2.55. The zero-order chi connectivity index (χ0) is 22.3. The van der Waals surface area contributed by atoms with E-state index in [0.29, 0.717) is 37.5 Å². The number of rotatable bonds is 4. The zero-order valence-corrected chi connectivity index (χ0v) is 18.1. The van der Waals surface area contributed by atoms with Crippen LogP contribution >= 0.6 is 0 Å². The average molecular weight is 442 g/mol. The van der Waals surface area contributed by atoms with Gasteiger partial charge in [-0.1, -0.05) is 12.1 Å². The molecular weight excluding hydrogens is 420 g/mol. The van der Waals surface area contributed by atoms with E-state index >= 15 is 0 Å². The number of carbonyl (C=O) groups is 3. The number of amides is 1.